The Balaban J connectivity index is 1.05. The van der Waals surface area contributed by atoms with Crippen LogP contribution in [0.15, 0.2) is 189 Å². The first-order valence-corrected chi connectivity index (χ1v) is 21.4. The second-order valence-electron chi connectivity index (χ2n) is 17.1. The molecule has 294 valence electrons. The maximum absolute atomic E-state index is 5.54. The number of hydrogen-bond acceptors (Lipinski definition) is 2. The number of aromatic nitrogens is 4. The van der Waals surface area contributed by atoms with Gasteiger partial charge in [0.15, 0.2) is 0 Å². The van der Waals surface area contributed by atoms with Gasteiger partial charge in [-0.15, -0.1) is 0 Å². The Bertz CT molecular complexity index is 3690. The lowest BCUT2D eigenvalue weighted by molar-refractivity contribution is 0.660. The molecular formula is C58H42N4. The third kappa shape index (κ3) is 5.26. The second kappa shape index (κ2) is 13.6. The molecular weight excluding hydrogens is 753 g/mol. The molecule has 4 heteroatoms. The Morgan fingerprint density at radius 1 is 0.548 bits per heavy atom. The number of para-hydroxylation sites is 4. The van der Waals surface area contributed by atoms with Gasteiger partial charge in [0.1, 0.15) is 0 Å². The molecule has 62 heavy (non-hydrogen) atoms. The number of rotatable bonds is 6. The molecule has 12 rings (SSSR count). The van der Waals surface area contributed by atoms with Crippen molar-refractivity contribution >= 4 is 66.0 Å². The average molecular weight is 795 g/mol. The van der Waals surface area contributed by atoms with Crippen LogP contribution in [0.5, 0.6) is 0 Å². The summed E-state index contributed by atoms with van der Waals surface area (Å²) in [6.45, 7) is 11.6. The number of aryl methyl sites for hydroxylation is 1. The largest absolute Gasteiger partial charge is 0.310 e. The summed E-state index contributed by atoms with van der Waals surface area (Å²) < 4.78 is 4.63. The minimum atomic E-state index is -0.130. The van der Waals surface area contributed by atoms with E-state index in [-0.39, 0.29) is 5.41 Å². The Hall–Kier alpha value is -7.82. The summed E-state index contributed by atoms with van der Waals surface area (Å²) in [7, 11) is 0. The monoisotopic (exact) mass is 794 g/mol. The van der Waals surface area contributed by atoms with Gasteiger partial charge >= 0.3 is 0 Å². The molecule has 0 amide bonds. The average Bonchev–Trinajstić information content (AvgIpc) is 3.89. The highest BCUT2D eigenvalue weighted by Crippen LogP contribution is 2.50. The van der Waals surface area contributed by atoms with Crippen molar-refractivity contribution in [3.05, 3.63) is 217 Å². The lowest BCUT2D eigenvalue weighted by Crippen LogP contribution is -2.15. The normalized spacial score (nSPS) is 13.2. The highest BCUT2D eigenvalue weighted by Gasteiger charge is 2.35. The van der Waals surface area contributed by atoms with E-state index in [9.17, 15) is 0 Å². The van der Waals surface area contributed by atoms with Gasteiger partial charge in [-0.25, -0.2) is 9.97 Å². The molecule has 0 spiro atoms. The van der Waals surface area contributed by atoms with Crippen LogP contribution < -0.4 is 0 Å². The Labute approximate surface area is 360 Å². The van der Waals surface area contributed by atoms with Crippen molar-refractivity contribution < 1.29 is 0 Å². The summed E-state index contributed by atoms with van der Waals surface area (Å²) in [6, 6.07) is 63.0. The van der Waals surface area contributed by atoms with Crippen molar-refractivity contribution in [1.82, 2.24) is 19.1 Å². The van der Waals surface area contributed by atoms with Crippen molar-refractivity contribution in [3.8, 4) is 34.0 Å². The molecule has 0 N–H and O–H groups in total. The van der Waals surface area contributed by atoms with Crippen LogP contribution in [-0.2, 0) is 5.41 Å². The number of hydrogen-bond donors (Lipinski definition) is 0. The number of fused-ring (bicyclic) bond motifs is 10. The maximum atomic E-state index is 5.54. The molecule has 1 aliphatic carbocycles. The first-order valence-electron chi connectivity index (χ1n) is 21.4. The van der Waals surface area contributed by atoms with Crippen LogP contribution in [-0.4, -0.2) is 19.1 Å². The molecule has 0 aliphatic heterocycles. The van der Waals surface area contributed by atoms with Crippen LogP contribution in [0, 0.1) is 6.92 Å². The molecule has 11 aromatic rings. The van der Waals surface area contributed by atoms with Gasteiger partial charge in [-0.05, 0) is 99.8 Å². The highest BCUT2D eigenvalue weighted by atomic mass is 15.2. The van der Waals surface area contributed by atoms with Gasteiger partial charge in [-0.2, -0.15) is 0 Å². The van der Waals surface area contributed by atoms with Gasteiger partial charge in [0.25, 0.3) is 0 Å². The molecule has 0 saturated heterocycles. The van der Waals surface area contributed by atoms with E-state index in [1.807, 2.05) is 0 Å². The van der Waals surface area contributed by atoms with E-state index >= 15 is 0 Å². The summed E-state index contributed by atoms with van der Waals surface area (Å²) in [4.78, 5) is 10.9. The molecule has 8 aromatic carbocycles. The summed E-state index contributed by atoms with van der Waals surface area (Å²) in [5, 5.41) is 6.79. The van der Waals surface area contributed by atoms with Crippen molar-refractivity contribution in [2.75, 3.05) is 0 Å². The molecule has 0 bridgehead atoms. The molecule has 0 unspecified atom stereocenters. The summed E-state index contributed by atoms with van der Waals surface area (Å²) >= 11 is 0. The van der Waals surface area contributed by atoms with Crippen LogP contribution >= 0.6 is 0 Å². The number of benzene rings is 8. The molecule has 3 heterocycles. The topological polar surface area (TPSA) is 35.6 Å². The third-order valence-electron chi connectivity index (χ3n) is 13.3. The predicted octanol–water partition coefficient (Wildman–Crippen LogP) is 14.8. The van der Waals surface area contributed by atoms with Crippen molar-refractivity contribution in [2.24, 2.45) is 0 Å². The van der Waals surface area contributed by atoms with Gasteiger partial charge < -0.3 is 4.57 Å². The smallest absolute Gasteiger partial charge is 0.235 e. The van der Waals surface area contributed by atoms with Crippen LogP contribution in [0.2, 0.25) is 0 Å². The minimum absolute atomic E-state index is 0.130. The van der Waals surface area contributed by atoms with E-state index in [1.54, 1.807) is 0 Å². The number of nitrogens with zero attached hydrogens (tertiary/aromatic N) is 4. The second-order valence-corrected chi connectivity index (χ2v) is 17.1. The predicted molar refractivity (Wildman–Crippen MR) is 260 cm³/mol. The van der Waals surface area contributed by atoms with Crippen LogP contribution in [0.3, 0.4) is 0 Å². The van der Waals surface area contributed by atoms with Crippen molar-refractivity contribution in [2.45, 2.75) is 26.2 Å². The van der Waals surface area contributed by atoms with Gasteiger partial charge in [-0.3, -0.25) is 4.57 Å². The number of allylic oxidation sites excluding steroid dienone is 2. The van der Waals surface area contributed by atoms with E-state index in [0.717, 1.165) is 77.3 Å². The summed E-state index contributed by atoms with van der Waals surface area (Å²) in [6.07, 6.45) is 4.42. The summed E-state index contributed by atoms with van der Waals surface area (Å²) in [5.41, 5.74) is 16.9. The van der Waals surface area contributed by atoms with E-state index in [4.69, 9.17) is 16.5 Å². The fraction of sp³-hybridized carbons (Fsp3) is 0.0690. The maximum Gasteiger partial charge on any atom is 0.235 e. The van der Waals surface area contributed by atoms with Gasteiger partial charge in [0.05, 0.1) is 27.8 Å². The molecule has 0 radical (unpaired) electrons. The summed E-state index contributed by atoms with van der Waals surface area (Å²) in [5.74, 6) is 0.647. The minimum Gasteiger partial charge on any atom is -0.310 e. The standard InChI is InChI=1S/C58H42N4/c1-36(30-33-52-37(2)40-20-12-16-28-53(40)61(52)39-18-6-5-7-19-39)47-35-48-44-23-13-17-29-54(44)62(56(48)45-24-9-8-21-41(45)47)57-59-51-27-15-11-25-46(51)55(60-57)38-31-32-43-42-22-10-14-26-49(42)58(3,4)50(43)34-38/h5-35H,1H2,2-4H3/b33-30-. The van der Waals surface area contributed by atoms with Crippen LogP contribution in [0.4, 0.5) is 0 Å². The molecule has 4 nitrogen and oxygen atoms in total. The van der Waals surface area contributed by atoms with Gasteiger partial charge in [-0.1, -0.05) is 160 Å². The Morgan fingerprint density at radius 2 is 1.18 bits per heavy atom. The zero-order valence-electron chi connectivity index (χ0n) is 34.9. The molecule has 0 fully saturated rings. The SMILES string of the molecule is C=C(/C=C\c1c(C)c2ccccc2n1-c1ccccc1)c1cc2c3ccccc3n(-c3nc(-c4ccc5c(c4)C(C)(C)c4ccccc4-5)c4ccccc4n3)c2c2ccccc12. The van der Waals surface area contributed by atoms with Crippen molar-refractivity contribution in [3.63, 3.8) is 0 Å². The third-order valence-corrected chi connectivity index (χ3v) is 13.3. The van der Waals surface area contributed by atoms with Gasteiger partial charge in [0, 0.05) is 49.3 Å². The lowest BCUT2D eigenvalue weighted by atomic mass is 9.82. The highest BCUT2D eigenvalue weighted by molar-refractivity contribution is 6.21. The van der Waals surface area contributed by atoms with E-state index in [0.29, 0.717) is 5.95 Å². The van der Waals surface area contributed by atoms with E-state index < -0.39 is 0 Å². The Morgan fingerprint density at radius 3 is 1.98 bits per heavy atom. The van der Waals surface area contributed by atoms with Crippen LogP contribution in [0.25, 0.3) is 100 Å². The molecule has 1 aliphatic rings. The van der Waals surface area contributed by atoms with E-state index in [1.165, 1.54) is 38.7 Å². The molecule has 0 atom stereocenters. The first kappa shape index (κ1) is 36.1. The van der Waals surface area contributed by atoms with Crippen molar-refractivity contribution in [1.29, 1.82) is 0 Å². The zero-order valence-corrected chi connectivity index (χ0v) is 34.9. The first-order chi connectivity index (χ1) is 30.4. The van der Waals surface area contributed by atoms with E-state index in [2.05, 4.69) is 218 Å². The fourth-order valence-corrected chi connectivity index (χ4v) is 10.3. The van der Waals surface area contributed by atoms with Gasteiger partial charge in [0.2, 0.25) is 5.95 Å². The van der Waals surface area contributed by atoms with Crippen LogP contribution in [0.1, 0.15) is 41.8 Å². The molecule has 3 aromatic heterocycles. The molecule has 0 saturated carbocycles. The lowest BCUT2D eigenvalue weighted by Gasteiger charge is -2.22. The fourth-order valence-electron chi connectivity index (χ4n) is 10.3. The zero-order chi connectivity index (χ0) is 41.7. The quantitative estimate of drug-likeness (QED) is 0.157. The Kier molecular flexibility index (Phi) is 7.91.